The van der Waals surface area contributed by atoms with Crippen molar-refractivity contribution in [3.8, 4) is 5.75 Å². The summed E-state index contributed by atoms with van der Waals surface area (Å²) >= 11 is 0. The van der Waals surface area contributed by atoms with Gasteiger partial charge in [0.05, 0.1) is 22.8 Å². The monoisotopic (exact) mass is 468 g/mol. The van der Waals surface area contributed by atoms with E-state index in [1.54, 1.807) is 61.5 Å². The number of nitrogens with two attached hydrogens (primary N) is 1. The van der Waals surface area contributed by atoms with Crippen molar-refractivity contribution in [3.05, 3.63) is 89.5 Å². The number of hydrogen-bond acceptors (Lipinski definition) is 6. The van der Waals surface area contributed by atoms with E-state index in [2.05, 4.69) is 5.32 Å². The highest BCUT2D eigenvalue weighted by molar-refractivity contribution is 7.89. The van der Waals surface area contributed by atoms with Gasteiger partial charge >= 0.3 is 5.97 Å². The number of primary sulfonamides is 1. The maximum absolute atomic E-state index is 13.2. The van der Waals surface area contributed by atoms with Crippen LogP contribution in [0.1, 0.15) is 34.5 Å². The number of sulfonamides is 1. The number of aryl methyl sites for hydroxylation is 1. The minimum absolute atomic E-state index is 0.0481. The third kappa shape index (κ3) is 5.97. The van der Waals surface area contributed by atoms with Crippen molar-refractivity contribution in [3.63, 3.8) is 0 Å². The Morgan fingerprint density at radius 1 is 1.00 bits per heavy atom. The molecule has 0 heterocycles. The Hall–Kier alpha value is -3.69. The van der Waals surface area contributed by atoms with E-state index in [1.807, 2.05) is 6.92 Å². The first kappa shape index (κ1) is 24.0. The molecule has 1 unspecified atom stereocenters. The summed E-state index contributed by atoms with van der Waals surface area (Å²) < 4.78 is 34.7. The molecule has 0 aliphatic rings. The maximum Gasteiger partial charge on any atom is 0.339 e. The molecule has 8 nitrogen and oxygen atoms in total. The van der Waals surface area contributed by atoms with E-state index in [9.17, 15) is 18.0 Å². The van der Waals surface area contributed by atoms with Crippen molar-refractivity contribution in [1.29, 1.82) is 0 Å². The molecule has 0 saturated carbocycles. The molecule has 9 heteroatoms. The molecule has 0 saturated heterocycles. The standard InChI is InChI=1S/C24H24N2O6S/c1-3-31-20-12-8-7-11-19(20)26-23(27)22(17-9-5-4-6-10-17)32-24(28)18-14-13-16(2)21(15-18)33(25,29)30/h4-15,22H,3H2,1-2H3,(H,26,27)(H2,25,29,30). The average Bonchev–Trinajstić information content (AvgIpc) is 2.79. The van der Waals surface area contributed by atoms with Gasteiger partial charge in [0.25, 0.3) is 5.91 Å². The van der Waals surface area contributed by atoms with Crippen molar-refractivity contribution in [1.82, 2.24) is 0 Å². The van der Waals surface area contributed by atoms with Crippen molar-refractivity contribution >= 4 is 27.6 Å². The molecule has 172 valence electrons. The van der Waals surface area contributed by atoms with Crippen LogP contribution >= 0.6 is 0 Å². The van der Waals surface area contributed by atoms with E-state index in [0.29, 0.717) is 29.2 Å². The number of nitrogens with one attached hydrogen (secondary N) is 1. The van der Waals surface area contributed by atoms with Gasteiger partial charge in [-0.25, -0.2) is 18.4 Å². The minimum atomic E-state index is -4.04. The van der Waals surface area contributed by atoms with Crippen molar-refractivity contribution in [2.75, 3.05) is 11.9 Å². The number of benzene rings is 3. The van der Waals surface area contributed by atoms with Crippen LogP contribution in [0, 0.1) is 6.92 Å². The molecule has 0 aromatic heterocycles. The SMILES string of the molecule is CCOc1ccccc1NC(=O)C(OC(=O)c1ccc(C)c(S(N)(=O)=O)c1)c1ccccc1. The Morgan fingerprint density at radius 3 is 2.33 bits per heavy atom. The van der Waals surface area contributed by atoms with Gasteiger partial charge in [-0.3, -0.25) is 4.79 Å². The molecular weight excluding hydrogens is 444 g/mol. The molecule has 0 aliphatic heterocycles. The Bertz CT molecular complexity index is 1260. The lowest BCUT2D eigenvalue weighted by molar-refractivity contribution is -0.125. The van der Waals surface area contributed by atoms with E-state index >= 15 is 0 Å². The fourth-order valence-electron chi connectivity index (χ4n) is 3.16. The molecule has 1 atom stereocenters. The number of hydrogen-bond donors (Lipinski definition) is 2. The third-order valence-electron chi connectivity index (χ3n) is 4.74. The number of carbonyl (C=O) groups excluding carboxylic acids is 2. The number of carbonyl (C=O) groups is 2. The molecule has 0 radical (unpaired) electrons. The second kappa shape index (κ2) is 10.3. The van der Waals surface area contributed by atoms with Crippen molar-refractivity contribution < 1.29 is 27.5 Å². The Labute approximate surface area is 192 Å². The summed E-state index contributed by atoms with van der Waals surface area (Å²) in [5.74, 6) is -0.995. The smallest absolute Gasteiger partial charge is 0.339 e. The number of para-hydroxylation sites is 2. The summed E-state index contributed by atoms with van der Waals surface area (Å²) in [6.45, 7) is 3.79. The van der Waals surface area contributed by atoms with Crippen molar-refractivity contribution in [2.45, 2.75) is 24.8 Å². The van der Waals surface area contributed by atoms with Crippen LogP contribution in [0.4, 0.5) is 5.69 Å². The number of amides is 1. The van der Waals surface area contributed by atoms with E-state index in [4.69, 9.17) is 14.6 Å². The predicted octanol–water partition coefficient (Wildman–Crippen LogP) is 3.58. The van der Waals surface area contributed by atoms with E-state index in [-0.39, 0.29) is 10.5 Å². The normalized spacial score (nSPS) is 12.0. The summed E-state index contributed by atoms with van der Waals surface area (Å²) in [4.78, 5) is 25.8. The molecular formula is C24H24N2O6S. The second-order valence-electron chi connectivity index (χ2n) is 7.14. The predicted molar refractivity (Wildman–Crippen MR) is 123 cm³/mol. The Morgan fingerprint density at radius 2 is 1.67 bits per heavy atom. The number of esters is 1. The van der Waals surface area contributed by atoms with Crippen LogP contribution in [0.2, 0.25) is 0 Å². The van der Waals surface area contributed by atoms with Crippen molar-refractivity contribution in [2.24, 2.45) is 5.14 Å². The van der Waals surface area contributed by atoms with Crippen LogP contribution in [-0.2, 0) is 19.6 Å². The fourth-order valence-corrected chi connectivity index (χ4v) is 3.97. The van der Waals surface area contributed by atoms with Crippen LogP contribution < -0.4 is 15.2 Å². The molecule has 33 heavy (non-hydrogen) atoms. The fraction of sp³-hybridized carbons (Fsp3) is 0.167. The molecule has 0 spiro atoms. The molecule has 0 fully saturated rings. The summed E-state index contributed by atoms with van der Waals surface area (Å²) in [6.07, 6.45) is -1.30. The molecule has 3 rings (SSSR count). The van der Waals surface area contributed by atoms with Gasteiger partial charge in [0, 0.05) is 5.56 Å². The lowest BCUT2D eigenvalue weighted by Gasteiger charge is -2.19. The van der Waals surface area contributed by atoms with Gasteiger partial charge in [-0.2, -0.15) is 0 Å². The van der Waals surface area contributed by atoms with Crippen LogP contribution in [0.5, 0.6) is 5.75 Å². The highest BCUT2D eigenvalue weighted by Crippen LogP contribution is 2.27. The lowest BCUT2D eigenvalue weighted by atomic mass is 10.1. The number of ether oxygens (including phenoxy) is 2. The topological polar surface area (TPSA) is 125 Å². The van der Waals surface area contributed by atoms with E-state index < -0.39 is 28.0 Å². The maximum atomic E-state index is 13.2. The largest absolute Gasteiger partial charge is 0.492 e. The van der Waals surface area contributed by atoms with Crippen LogP contribution in [0.25, 0.3) is 0 Å². The molecule has 3 aromatic rings. The summed E-state index contributed by atoms with van der Waals surface area (Å²) in [5.41, 5.74) is 1.20. The number of rotatable bonds is 8. The molecule has 3 aromatic carbocycles. The van der Waals surface area contributed by atoms with E-state index in [1.165, 1.54) is 12.1 Å². The third-order valence-corrected chi connectivity index (χ3v) is 5.79. The summed E-state index contributed by atoms with van der Waals surface area (Å²) in [5, 5.41) is 7.97. The Kier molecular flexibility index (Phi) is 7.47. The molecule has 1 amide bonds. The zero-order valence-electron chi connectivity index (χ0n) is 18.1. The first-order chi connectivity index (χ1) is 15.7. The Balaban J connectivity index is 1.91. The van der Waals surface area contributed by atoms with Crippen LogP contribution in [-0.4, -0.2) is 26.9 Å². The highest BCUT2D eigenvalue weighted by Gasteiger charge is 2.27. The van der Waals surface area contributed by atoms with Gasteiger partial charge in [0.2, 0.25) is 16.1 Å². The van der Waals surface area contributed by atoms with Gasteiger partial charge in [0.15, 0.2) is 0 Å². The zero-order chi connectivity index (χ0) is 24.0. The highest BCUT2D eigenvalue weighted by atomic mass is 32.2. The lowest BCUT2D eigenvalue weighted by Crippen LogP contribution is -2.26. The van der Waals surface area contributed by atoms with Crippen LogP contribution in [0.3, 0.4) is 0 Å². The van der Waals surface area contributed by atoms with Gasteiger partial charge < -0.3 is 14.8 Å². The zero-order valence-corrected chi connectivity index (χ0v) is 19.0. The molecule has 0 aliphatic carbocycles. The number of anilines is 1. The van der Waals surface area contributed by atoms with Gasteiger partial charge in [-0.1, -0.05) is 48.5 Å². The van der Waals surface area contributed by atoms with Gasteiger partial charge in [-0.15, -0.1) is 0 Å². The van der Waals surface area contributed by atoms with Crippen LogP contribution in [0.15, 0.2) is 77.7 Å². The second-order valence-corrected chi connectivity index (χ2v) is 8.67. The summed E-state index contributed by atoms with van der Waals surface area (Å²) in [7, 11) is -4.04. The first-order valence-corrected chi connectivity index (χ1v) is 11.7. The molecule has 3 N–H and O–H groups in total. The summed E-state index contributed by atoms with van der Waals surface area (Å²) in [6, 6.07) is 19.4. The van der Waals surface area contributed by atoms with E-state index in [0.717, 1.165) is 6.07 Å². The first-order valence-electron chi connectivity index (χ1n) is 10.1. The molecule has 0 bridgehead atoms. The quantitative estimate of drug-likeness (QED) is 0.487. The average molecular weight is 469 g/mol. The van der Waals surface area contributed by atoms with Gasteiger partial charge in [-0.05, 0) is 43.7 Å². The minimum Gasteiger partial charge on any atom is -0.492 e. The van der Waals surface area contributed by atoms with Gasteiger partial charge in [0.1, 0.15) is 5.75 Å².